The Morgan fingerprint density at radius 2 is 2.39 bits per heavy atom. The second-order valence-corrected chi connectivity index (χ2v) is 5.66. The van der Waals surface area contributed by atoms with E-state index in [0.29, 0.717) is 18.1 Å². The molecule has 0 aliphatic carbocycles. The largest absolute Gasteiger partial charge is 0.481 e. The summed E-state index contributed by atoms with van der Waals surface area (Å²) in [5, 5.41) is 12.5. The van der Waals surface area contributed by atoms with E-state index >= 15 is 0 Å². The van der Waals surface area contributed by atoms with Gasteiger partial charge >= 0.3 is 0 Å². The number of nitriles is 1. The molecule has 1 aliphatic rings. The Morgan fingerprint density at radius 1 is 1.52 bits per heavy atom. The molecule has 2 atom stereocenters. The normalized spacial score (nSPS) is 20.4. The van der Waals surface area contributed by atoms with E-state index in [2.05, 4.69) is 16.4 Å². The van der Waals surface area contributed by atoms with E-state index in [4.69, 9.17) is 14.7 Å². The summed E-state index contributed by atoms with van der Waals surface area (Å²) in [6, 6.07) is 8.17. The Bertz CT molecular complexity index is 702. The lowest BCUT2D eigenvalue weighted by atomic mass is 10.0. The van der Waals surface area contributed by atoms with Crippen molar-refractivity contribution in [3.63, 3.8) is 0 Å². The molecular weight excluding hydrogens is 292 g/mol. The molecule has 6 heteroatoms. The maximum Gasteiger partial charge on any atom is 0.212 e. The quantitative estimate of drug-likeness (QED) is 0.913. The first kappa shape index (κ1) is 15.5. The maximum atomic E-state index is 9.02. The van der Waals surface area contributed by atoms with Crippen molar-refractivity contribution < 1.29 is 9.47 Å². The average molecular weight is 312 g/mol. The van der Waals surface area contributed by atoms with Gasteiger partial charge in [0.1, 0.15) is 11.8 Å². The molecule has 6 nitrogen and oxygen atoms in total. The van der Waals surface area contributed by atoms with Gasteiger partial charge in [0, 0.05) is 50.3 Å². The number of methoxy groups -OCH3 is 1. The number of aromatic nitrogens is 2. The van der Waals surface area contributed by atoms with Crippen molar-refractivity contribution in [2.45, 2.75) is 25.1 Å². The Morgan fingerprint density at radius 3 is 3.04 bits per heavy atom. The van der Waals surface area contributed by atoms with E-state index in [-0.39, 0.29) is 12.1 Å². The fourth-order valence-corrected chi connectivity index (χ4v) is 2.90. The lowest BCUT2D eigenvalue weighted by Crippen LogP contribution is -2.31. The van der Waals surface area contributed by atoms with Crippen LogP contribution in [0.1, 0.15) is 29.3 Å². The highest BCUT2D eigenvalue weighted by Crippen LogP contribution is 2.29. The molecule has 1 saturated heterocycles. The van der Waals surface area contributed by atoms with Crippen LogP contribution in [0.15, 0.2) is 30.6 Å². The number of pyridine rings is 1. The molecule has 0 aromatic carbocycles. The third-order valence-electron chi connectivity index (χ3n) is 4.13. The first-order valence-electron chi connectivity index (χ1n) is 7.61. The van der Waals surface area contributed by atoms with E-state index in [1.54, 1.807) is 13.3 Å². The number of hydrogen-bond donors (Lipinski definition) is 1. The van der Waals surface area contributed by atoms with Crippen molar-refractivity contribution in [1.82, 2.24) is 14.9 Å². The Balaban J connectivity index is 1.65. The Hall–Kier alpha value is -2.36. The van der Waals surface area contributed by atoms with Gasteiger partial charge in [-0.3, -0.25) is 0 Å². The zero-order chi connectivity index (χ0) is 16.2. The van der Waals surface area contributed by atoms with Crippen molar-refractivity contribution in [2.75, 3.05) is 13.7 Å². The summed E-state index contributed by atoms with van der Waals surface area (Å²) in [6.45, 7) is 1.44. The molecule has 1 aliphatic heterocycles. The molecular formula is C17H20N4O2. The van der Waals surface area contributed by atoms with Gasteiger partial charge in [0.15, 0.2) is 0 Å². The molecule has 0 bridgehead atoms. The first-order valence-corrected chi connectivity index (χ1v) is 7.61. The van der Waals surface area contributed by atoms with Gasteiger partial charge in [-0.1, -0.05) is 0 Å². The molecule has 2 aromatic rings. The highest BCUT2D eigenvalue weighted by Gasteiger charge is 2.29. The van der Waals surface area contributed by atoms with E-state index in [0.717, 1.165) is 24.2 Å². The predicted molar refractivity (Wildman–Crippen MR) is 84.9 cm³/mol. The van der Waals surface area contributed by atoms with Gasteiger partial charge in [-0.05, 0) is 24.1 Å². The molecule has 120 valence electrons. The summed E-state index contributed by atoms with van der Waals surface area (Å²) in [5.41, 5.74) is 2.81. The lowest BCUT2D eigenvalue weighted by molar-refractivity contribution is 0.0981. The van der Waals surface area contributed by atoms with Crippen LogP contribution in [-0.2, 0) is 18.3 Å². The highest BCUT2D eigenvalue weighted by atomic mass is 16.5. The number of hydrogen-bond acceptors (Lipinski definition) is 5. The molecule has 1 fully saturated rings. The zero-order valence-electron chi connectivity index (χ0n) is 13.3. The summed E-state index contributed by atoms with van der Waals surface area (Å²) in [6.07, 6.45) is 4.73. The second-order valence-electron chi connectivity index (χ2n) is 5.66. The molecule has 1 N–H and O–H groups in total. The third-order valence-corrected chi connectivity index (χ3v) is 4.13. The van der Waals surface area contributed by atoms with Crippen molar-refractivity contribution >= 4 is 0 Å². The van der Waals surface area contributed by atoms with Crippen LogP contribution in [-0.4, -0.2) is 29.3 Å². The number of nitrogens with one attached hydrogen (secondary N) is 1. The van der Waals surface area contributed by atoms with E-state index in [9.17, 15) is 0 Å². The topological polar surface area (TPSA) is 72.1 Å². The van der Waals surface area contributed by atoms with E-state index in [1.807, 2.05) is 36.0 Å². The summed E-state index contributed by atoms with van der Waals surface area (Å²) in [5.74, 6) is 0.601. The highest BCUT2D eigenvalue weighted by molar-refractivity contribution is 5.28. The van der Waals surface area contributed by atoms with Crippen molar-refractivity contribution in [3.8, 4) is 11.9 Å². The van der Waals surface area contributed by atoms with E-state index in [1.165, 1.54) is 0 Å². The fraction of sp³-hybridized carbons (Fsp3) is 0.412. The van der Waals surface area contributed by atoms with Crippen molar-refractivity contribution in [3.05, 3.63) is 47.4 Å². The van der Waals surface area contributed by atoms with Crippen LogP contribution < -0.4 is 10.1 Å². The number of ether oxygens (including phenoxy) is 2. The number of aryl methyl sites for hydroxylation is 1. The monoisotopic (exact) mass is 312 g/mol. The molecule has 23 heavy (non-hydrogen) atoms. The summed E-state index contributed by atoms with van der Waals surface area (Å²) in [7, 11) is 3.49. The molecule has 0 radical (unpaired) electrons. The van der Waals surface area contributed by atoms with E-state index < -0.39 is 0 Å². The minimum Gasteiger partial charge on any atom is -0.481 e. The minimum atomic E-state index is -0.00689. The standard InChI is InChI=1S/C17H20N4O2/c1-21-11-12(7-14(21)8-18)9-19-15-5-6-23-17(15)13-3-4-16(22-2)20-10-13/h3-4,7,10-11,15,17,19H,5-6,9H2,1-2H3/t15-,17+/m0/s1. The van der Waals surface area contributed by atoms with Crippen LogP contribution in [0.25, 0.3) is 0 Å². The molecule has 0 spiro atoms. The minimum absolute atomic E-state index is 0.00689. The molecule has 0 saturated carbocycles. The summed E-state index contributed by atoms with van der Waals surface area (Å²) < 4.78 is 12.8. The molecule has 3 rings (SSSR count). The van der Waals surface area contributed by atoms with Gasteiger partial charge in [0.05, 0.1) is 13.2 Å². The smallest absolute Gasteiger partial charge is 0.212 e. The van der Waals surface area contributed by atoms with Crippen molar-refractivity contribution in [1.29, 1.82) is 5.26 Å². The third kappa shape index (κ3) is 3.36. The van der Waals surface area contributed by atoms with Crippen LogP contribution in [0, 0.1) is 11.3 Å². The second kappa shape index (κ2) is 6.82. The van der Waals surface area contributed by atoms with Crippen LogP contribution in [0.2, 0.25) is 0 Å². The van der Waals surface area contributed by atoms with Crippen LogP contribution in [0.5, 0.6) is 5.88 Å². The summed E-state index contributed by atoms with van der Waals surface area (Å²) in [4.78, 5) is 4.25. The van der Waals surface area contributed by atoms with Gasteiger partial charge < -0.3 is 19.4 Å². The number of rotatable bonds is 5. The van der Waals surface area contributed by atoms with Gasteiger partial charge in [0.2, 0.25) is 5.88 Å². The van der Waals surface area contributed by atoms with Gasteiger partial charge in [-0.2, -0.15) is 5.26 Å². The number of nitrogens with zero attached hydrogens (tertiary/aromatic N) is 3. The molecule has 3 heterocycles. The molecule has 0 amide bonds. The van der Waals surface area contributed by atoms with Gasteiger partial charge in [-0.15, -0.1) is 0 Å². The van der Waals surface area contributed by atoms with Crippen LogP contribution >= 0.6 is 0 Å². The molecule has 0 unspecified atom stereocenters. The zero-order valence-corrected chi connectivity index (χ0v) is 13.3. The van der Waals surface area contributed by atoms with Gasteiger partial charge in [-0.25, -0.2) is 4.98 Å². The van der Waals surface area contributed by atoms with Gasteiger partial charge in [0.25, 0.3) is 0 Å². The molecule has 2 aromatic heterocycles. The predicted octanol–water partition coefficient (Wildman–Crippen LogP) is 1.92. The lowest BCUT2D eigenvalue weighted by Gasteiger charge is -2.20. The van der Waals surface area contributed by atoms with Crippen LogP contribution in [0.4, 0.5) is 0 Å². The Labute approximate surface area is 135 Å². The average Bonchev–Trinajstić information content (AvgIpc) is 3.19. The van der Waals surface area contributed by atoms with Crippen molar-refractivity contribution in [2.24, 2.45) is 7.05 Å². The maximum absolute atomic E-state index is 9.02. The summed E-state index contributed by atoms with van der Waals surface area (Å²) >= 11 is 0. The van der Waals surface area contributed by atoms with Crippen LogP contribution in [0.3, 0.4) is 0 Å². The SMILES string of the molecule is COc1ccc([C@H]2OCC[C@@H]2NCc2cc(C#N)n(C)c2)cn1. The fourth-order valence-electron chi connectivity index (χ4n) is 2.90. The first-order chi connectivity index (χ1) is 11.2. The Kier molecular flexibility index (Phi) is 4.60.